The number of halogens is 2. The van der Waals surface area contributed by atoms with Crippen LogP contribution in [0, 0.1) is 19.7 Å². The fraction of sp³-hybridized carbons (Fsp3) is 0.0769. The molecule has 0 atom stereocenters. The van der Waals surface area contributed by atoms with Crippen LogP contribution in [0.15, 0.2) is 84.9 Å². The van der Waals surface area contributed by atoms with Gasteiger partial charge in [-0.15, -0.1) is 0 Å². The average Bonchev–Trinajstić information content (AvgIpc) is 2.70. The third kappa shape index (κ3) is 3.72. The van der Waals surface area contributed by atoms with E-state index in [1.165, 1.54) is 17.2 Å². The Labute approximate surface area is 170 Å². The van der Waals surface area contributed by atoms with Crippen molar-refractivity contribution in [1.82, 2.24) is 0 Å². The Morgan fingerprint density at radius 3 is 1.75 bits per heavy atom. The van der Waals surface area contributed by atoms with Gasteiger partial charge in [-0.3, -0.25) is 0 Å². The van der Waals surface area contributed by atoms with Gasteiger partial charge in [-0.2, -0.15) is 0 Å². The summed E-state index contributed by atoms with van der Waals surface area (Å²) in [7, 11) is 0. The Hall–Kier alpha value is -2.90. The maximum absolute atomic E-state index is 14.2. The van der Waals surface area contributed by atoms with Gasteiger partial charge < -0.3 is 0 Å². The third-order valence-corrected chi connectivity index (χ3v) is 5.32. The standard InChI is InChI=1S/C26H20ClF/c1-17-3-7-19(8-4-17)21-11-14-26(27)25(15-21)24-16-22(28)12-13-23(24)20-9-5-18(2)6-10-20/h3-16H,1-2H3. The monoisotopic (exact) mass is 386 g/mol. The van der Waals surface area contributed by atoms with Crippen molar-refractivity contribution in [1.29, 1.82) is 0 Å². The summed E-state index contributed by atoms with van der Waals surface area (Å²) in [5.41, 5.74) is 8.19. The fourth-order valence-electron chi connectivity index (χ4n) is 3.38. The molecule has 4 aromatic rings. The Balaban J connectivity index is 1.89. The van der Waals surface area contributed by atoms with Gasteiger partial charge in [0.2, 0.25) is 0 Å². The van der Waals surface area contributed by atoms with Gasteiger partial charge in [0.15, 0.2) is 0 Å². The Morgan fingerprint density at radius 1 is 0.536 bits per heavy atom. The second kappa shape index (κ2) is 7.61. The highest BCUT2D eigenvalue weighted by Gasteiger charge is 2.13. The van der Waals surface area contributed by atoms with E-state index >= 15 is 0 Å². The van der Waals surface area contributed by atoms with Crippen molar-refractivity contribution >= 4 is 11.6 Å². The molecule has 4 rings (SSSR count). The lowest BCUT2D eigenvalue weighted by Crippen LogP contribution is -1.90. The Morgan fingerprint density at radius 2 is 1.11 bits per heavy atom. The molecule has 0 aromatic heterocycles. The predicted octanol–water partition coefficient (Wildman–Crippen LogP) is 8.10. The summed E-state index contributed by atoms with van der Waals surface area (Å²) in [6.07, 6.45) is 0. The van der Waals surface area contributed by atoms with Gasteiger partial charge in [-0.1, -0.05) is 83.4 Å². The molecule has 0 saturated carbocycles. The molecule has 28 heavy (non-hydrogen) atoms. The minimum atomic E-state index is -0.275. The van der Waals surface area contributed by atoms with Crippen LogP contribution in [0.25, 0.3) is 33.4 Å². The summed E-state index contributed by atoms with van der Waals surface area (Å²) in [4.78, 5) is 0. The van der Waals surface area contributed by atoms with Crippen molar-refractivity contribution in [2.45, 2.75) is 13.8 Å². The molecule has 0 aliphatic rings. The molecule has 0 amide bonds. The van der Waals surface area contributed by atoms with E-state index in [4.69, 9.17) is 11.6 Å². The maximum Gasteiger partial charge on any atom is 0.123 e. The normalized spacial score (nSPS) is 10.9. The van der Waals surface area contributed by atoms with Gasteiger partial charge in [0, 0.05) is 10.6 Å². The van der Waals surface area contributed by atoms with Gasteiger partial charge >= 0.3 is 0 Å². The van der Waals surface area contributed by atoms with E-state index in [0.29, 0.717) is 5.02 Å². The van der Waals surface area contributed by atoms with Gasteiger partial charge in [-0.25, -0.2) is 4.39 Å². The topological polar surface area (TPSA) is 0 Å². The molecule has 0 nitrogen and oxygen atoms in total. The van der Waals surface area contributed by atoms with E-state index < -0.39 is 0 Å². The van der Waals surface area contributed by atoms with Crippen molar-refractivity contribution in [2.75, 3.05) is 0 Å². The Bertz CT molecular complexity index is 1130. The van der Waals surface area contributed by atoms with Crippen LogP contribution in [0.4, 0.5) is 4.39 Å². The van der Waals surface area contributed by atoms with E-state index in [-0.39, 0.29) is 5.82 Å². The van der Waals surface area contributed by atoms with Crippen LogP contribution in [-0.4, -0.2) is 0 Å². The predicted molar refractivity (Wildman–Crippen MR) is 117 cm³/mol. The SMILES string of the molecule is Cc1ccc(-c2ccc(Cl)c(-c3cc(F)ccc3-c3ccc(C)cc3)c2)cc1. The van der Waals surface area contributed by atoms with Gasteiger partial charge in [0.25, 0.3) is 0 Å². The van der Waals surface area contributed by atoms with Gasteiger partial charge in [0.1, 0.15) is 5.82 Å². The first-order chi connectivity index (χ1) is 13.5. The molecule has 0 aliphatic heterocycles. The van der Waals surface area contributed by atoms with Crippen molar-refractivity contribution in [3.05, 3.63) is 107 Å². The second-order valence-electron chi connectivity index (χ2n) is 7.12. The summed E-state index contributed by atoms with van der Waals surface area (Å²) >= 11 is 6.56. The van der Waals surface area contributed by atoms with Crippen molar-refractivity contribution < 1.29 is 4.39 Å². The van der Waals surface area contributed by atoms with Crippen LogP contribution < -0.4 is 0 Å². The van der Waals surface area contributed by atoms with E-state index in [2.05, 4.69) is 62.4 Å². The second-order valence-corrected chi connectivity index (χ2v) is 7.52. The zero-order valence-electron chi connectivity index (χ0n) is 15.8. The van der Waals surface area contributed by atoms with E-state index in [1.54, 1.807) is 6.07 Å². The largest absolute Gasteiger partial charge is 0.207 e. The molecule has 0 bridgehead atoms. The van der Waals surface area contributed by atoms with Crippen molar-refractivity contribution in [2.24, 2.45) is 0 Å². The highest BCUT2D eigenvalue weighted by molar-refractivity contribution is 6.33. The van der Waals surface area contributed by atoms with Crippen molar-refractivity contribution in [3.63, 3.8) is 0 Å². The van der Waals surface area contributed by atoms with E-state index in [0.717, 1.165) is 33.4 Å². The first kappa shape index (κ1) is 18.5. The lowest BCUT2D eigenvalue weighted by Gasteiger charge is -2.14. The summed E-state index contributed by atoms with van der Waals surface area (Å²) in [5.74, 6) is -0.275. The van der Waals surface area contributed by atoms with Crippen LogP contribution in [0.3, 0.4) is 0 Å². The first-order valence-electron chi connectivity index (χ1n) is 9.25. The van der Waals surface area contributed by atoms with E-state index in [1.807, 2.05) is 24.3 Å². The quantitative estimate of drug-likeness (QED) is 0.333. The fourth-order valence-corrected chi connectivity index (χ4v) is 3.60. The molecule has 0 fully saturated rings. The molecule has 0 unspecified atom stereocenters. The molecule has 0 heterocycles. The first-order valence-corrected chi connectivity index (χ1v) is 9.62. The van der Waals surface area contributed by atoms with Gasteiger partial charge in [-0.05, 0) is 65.9 Å². The summed E-state index contributed by atoms with van der Waals surface area (Å²) < 4.78 is 14.2. The zero-order chi connectivity index (χ0) is 19.7. The van der Waals surface area contributed by atoms with E-state index in [9.17, 15) is 4.39 Å². The highest BCUT2D eigenvalue weighted by Crippen LogP contribution is 2.38. The number of aryl methyl sites for hydroxylation is 2. The highest BCUT2D eigenvalue weighted by atomic mass is 35.5. The molecule has 0 N–H and O–H groups in total. The van der Waals surface area contributed by atoms with Crippen LogP contribution in [0.5, 0.6) is 0 Å². The number of hydrogen-bond donors (Lipinski definition) is 0. The molecular weight excluding hydrogens is 367 g/mol. The molecule has 0 radical (unpaired) electrons. The molecular formula is C26H20ClF. The smallest absolute Gasteiger partial charge is 0.123 e. The van der Waals surface area contributed by atoms with Crippen LogP contribution in [0.1, 0.15) is 11.1 Å². The molecule has 2 heteroatoms. The van der Waals surface area contributed by atoms with Crippen LogP contribution in [-0.2, 0) is 0 Å². The number of rotatable bonds is 3. The maximum atomic E-state index is 14.2. The molecule has 0 aliphatic carbocycles. The van der Waals surface area contributed by atoms with Crippen molar-refractivity contribution in [3.8, 4) is 33.4 Å². The summed E-state index contributed by atoms with van der Waals surface area (Å²) in [6, 6.07) is 27.4. The summed E-state index contributed by atoms with van der Waals surface area (Å²) in [5, 5.41) is 0.606. The minimum Gasteiger partial charge on any atom is -0.207 e. The lowest BCUT2D eigenvalue weighted by atomic mass is 9.92. The Kier molecular flexibility index (Phi) is 5.02. The zero-order valence-corrected chi connectivity index (χ0v) is 16.6. The minimum absolute atomic E-state index is 0.275. The van der Waals surface area contributed by atoms with Crippen LogP contribution in [0.2, 0.25) is 5.02 Å². The third-order valence-electron chi connectivity index (χ3n) is 4.99. The number of benzene rings is 4. The number of hydrogen-bond acceptors (Lipinski definition) is 0. The molecule has 138 valence electrons. The molecule has 4 aromatic carbocycles. The molecule has 0 saturated heterocycles. The van der Waals surface area contributed by atoms with Crippen LogP contribution >= 0.6 is 11.6 Å². The molecule has 0 spiro atoms. The average molecular weight is 387 g/mol. The summed E-state index contributed by atoms with van der Waals surface area (Å²) in [6.45, 7) is 4.12. The van der Waals surface area contributed by atoms with Gasteiger partial charge in [0.05, 0.1) is 0 Å². The lowest BCUT2D eigenvalue weighted by molar-refractivity contribution is 0.628.